The Balaban J connectivity index is 3.07. The summed E-state index contributed by atoms with van der Waals surface area (Å²) in [6.07, 6.45) is 3.76. The van der Waals surface area contributed by atoms with Gasteiger partial charge in [-0.3, -0.25) is 0 Å². The van der Waals surface area contributed by atoms with Gasteiger partial charge in [0.1, 0.15) is 18.0 Å². The van der Waals surface area contributed by atoms with E-state index in [-0.39, 0.29) is 5.41 Å². The molecule has 0 aliphatic heterocycles. The normalized spacial score (nSPS) is 11.5. The lowest BCUT2D eigenvalue weighted by atomic mass is 9.96. The van der Waals surface area contributed by atoms with Crippen molar-refractivity contribution in [1.29, 1.82) is 0 Å². The molecule has 0 radical (unpaired) electrons. The van der Waals surface area contributed by atoms with Gasteiger partial charge in [0.15, 0.2) is 0 Å². The molecule has 4 nitrogen and oxygen atoms in total. The van der Waals surface area contributed by atoms with Crippen molar-refractivity contribution >= 4 is 11.6 Å². The van der Waals surface area contributed by atoms with Gasteiger partial charge in [0.25, 0.3) is 0 Å². The molecule has 0 aromatic carbocycles. The van der Waals surface area contributed by atoms with E-state index in [9.17, 15) is 0 Å². The van der Waals surface area contributed by atoms with E-state index in [0.717, 1.165) is 37.6 Å². The fraction of sp³-hybridized carbons (Fsp3) is 0.733. The molecular weight excluding hydrogens is 236 g/mol. The van der Waals surface area contributed by atoms with Gasteiger partial charge in [-0.25, -0.2) is 9.97 Å². The molecule has 1 N–H and O–H groups in total. The molecule has 0 spiro atoms. The van der Waals surface area contributed by atoms with Crippen LogP contribution in [-0.2, 0) is 6.42 Å². The zero-order valence-corrected chi connectivity index (χ0v) is 13.2. The van der Waals surface area contributed by atoms with E-state index in [1.54, 1.807) is 6.33 Å². The summed E-state index contributed by atoms with van der Waals surface area (Å²) in [6.45, 7) is 12.9. The lowest BCUT2D eigenvalue weighted by molar-refractivity contribution is 0.417. The third-order valence-corrected chi connectivity index (χ3v) is 2.84. The molecule has 0 atom stereocenters. The van der Waals surface area contributed by atoms with Crippen LogP contribution in [0.1, 0.15) is 46.6 Å². The van der Waals surface area contributed by atoms with Crippen LogP contribution in [0.15, 0.2) is 6.33 Å². The predicted molar refractivity (Wildman–Crippen MR) is 82.9 cm³/mol. The van der Waals surface area contributed by atoms with Gasteiger partial charge < -0.3 is 10.2 Å². The molecule has 0 aliphatic carbocycles. The number of hydrogen-bond donors (Lipinski definition) is 1. The summed E-state index contributed by atoms with van der Waals surface area (Å²) >= 11 is 0. The van der Waals surface area contributed by atoms with Gasteiger partial charge >= 0.3 is 0 Å². The van der Waals surface area contributed by atoms with Crippen LogP contribution in [0.25, 0.3) is 0 Å². The summed E-state index contributed by atoms with van der Waals surface area (Å²) in [7, 11) is 2.11. The van der Waals surface area contributed by atoms with Crippen molar-refractivity contribution in [2.45, 2.75) is 47.5 Å². The van der Waals surface area contributed by atoms with Gasteiger partial charge in [0.2, 0.25) is 0 Å². The number of nitrogens with zero attached hydrogens (tertiary/aromatic N) is 3. The second-order valence-corrected chi connectivity index (χ2v) is 6.22. The first kappa shape index (κ1) is 15.7. The number of hydrogen-bond acceptors (Lipinski definition) is 4. The lowest BCUT2D eigenvalue weighted by Gasteiger charge is -2.29. The van der Waals surface area contributed by atoms with Crippen LogP contribution in [-0.4, -0.2) is 30.1 Å². The molecule has 0 saturated heterocycles. The Morgan fingerprint density at radius 2 is 1.89 bits per heavy atom. The molecular formula is C15H28N4. The Hall–Kier alpha value is -1.32. The number of aromatic nitrogens is 2. The average Bonchev–Trinajstić information content (AvgIpc) is 2.29. The summed E-state index contributed by atoms with van der Waals surface area (Å²) in [4.78, 5) is 11.1. The van der Waals surface area contributed by atoms with Gasteiger partial charge in [0, 0.05) is 25.7 Å². The van der Waals surface area contributed by atoms with Crippen molar-refractivity contribution < 1.29 is 0 Å². The Labute approximate surface area is 117 Å². The van der Waals surface area contributed by atoms with Crippen LogP contribution in [0.3, 0.4) is 0 Å². The summed E-state index contributed by atoms with van der Waals surface area (Å²) in [6, 6.07) is 0. The fourth-order valence-corrected chi connectivity index (χ4v) is 2.32. The first-order valence-corrected chi connectivity index (χ1v) is 7.18. The first-order chi connectivity index (χ1) is 8.89. The molecule has 0 fully saturated rings. The standard InChI is InChI=1S/C15H28N4/c1-7-9-12-13(16-8-2)17-11-18-14(12)19(6)10-15(3,4)5/h11H,7-10H2,1-6H3,(H,16,17,18). The quantitative estimate of drug-likeness (QED) is 0.855. The molecule has 19 heavy (non-hydrogen) atoms. The van der Waals surface area contributed by atoms with Crippen LogP contribution in [0.2, 0.25) is 0 Å². The SMILES string of the molecule is CCCc1c(NCC)ncnc1N(C)CC(C)(C)C. The van der Waals surface area contributed by atoms with Crippen molar-refractivity contribution in [2.24, 2.45) is 5.41 Å². The van der Waals surface area contributed by atoms with Crippen LogP contribution >= 0.6 is 0 Å². The van der Waals surface area contributed by atoms with Crippen molar-refractivity contribution in [3.63, 3.8) is 0 Å². The maximum atomic E-state index is 4.50. The van der Waals surface area contributed by atoms with E-state index in [1.165, 1.54) is 5.56 Å². The monoisotopic (exact) mass is 264 g/mol. The largest absolute Gasteiger partial charge is 0.370 e. The topological polar surface area (TPSA) is 41.1 Å². The number of rotatable bonds is 6. The minimum Gasteiger partial charge on any atom is -0.370 e. The van der Waals surface area contributed by atoms with E-state index < -0.39 is 0 Å². The zero-order chi connectivity index (χ0) is 14.5. The molecule has 0 amide bonds. The maximum absolute atomic E-state index is 4.50. The first-order valence-electron chi connectivity index (χ1n) is 7.18. The van der Waals surface area contributed by atoms with Gasteiger partial charge in [-0.05, 0) is 18.8 Å². The van der Waals surface area contributed by atoms with E-state index >= 15 is 0 Å². The summed E-state index contributed by atoms with van der Waals surface area (Å²) in [5.74, 6) is 2.04. The number of anilines is 2. The molecule has 0 aliphatic rings. The van der Waals surface area contributed by atoms with E-state index in [1.807, 2.05) is 0 Å². The second kappa shape index (κ2) is 6.73. The summed E-state index contributed by atoms with van der Waals surface area (Å²) in [5, 5.41) is 3.34. The lowest BCUT2D eigenvalue weighted by Crippen LogP contribution is -2.30. The van der Waals surface area contributed by atoms with Crippen molar-refractivity contribution in [3.8, 4) is 0 Å². The summed E-state index contributed by atoms with van der Waals surface area (Å²) in [5.41, 5.74) is 1.49. The molecule has 0 unspecified atom stereocenters. The highest BCUT2D eigenvalue weighted by molar-refractivity contribution is 5.58. The van der Waals surface area contributed by atoms with Crippen molar-refractivity contribution in [1.82, 2.24) is 9.97 Å². The van der Waals surface area contributed by atoms with Crippen LogP contribution in [0.5, 0.6) is 0 Å². The third kappa shape index (κ3) is 4.69. The van der Waals surface area contributed by atoms with Gasteiger partial charge in [0.05, 0.1) is 0 Å². The number of nitrogens with one attached hydrogen (secondary N) is 1. The highest BCUT2D eigenvalue weighted by Gasteiger charge is 2.19. The maximum Gasteiger partial charge on any atom is 0.137 e. The highest BCUT2D eigenvalue weighted by Crippen LogP contribution is 2.26. The molecule has 1 heterocycles. The highest BCUT2D eigenvalue weighted by atomic mass is 15.2. The molecule has 1 aromatic rings. The van der Waals surface area contributed by atoms with Crippen molar-refractivity contribution in [2.75, 3.05) is 30.4 Å². The minimum atomic E-state index is 0.252. The van der Waals surface area contributed by atoms with Gasteiger partial charge in [-0.15, -0.1) is 0 Å². The van der Waals surface area contributed by atoms with E-state index in [0.29, 0.717) is 0 Å². The fourth-order valence-electron chi connectivity index (χ4n) is 2.32. The van der Waals surface area contributed by atoms with Crippen LogP contribution in [0.4, 0.5) is 11.6 Å². The molecule has 1 aromatic heterocycles. The Morgan fingerprint density at radius 3 is 2.42 bits per heavy atom. The van der Waals surface area contributed by atoms with E-state index in [4.69, 9.17) is 0 Å². The molecule has 4 heteroatoms. The Kier molecular flexibility index (Phi) is 5.58. The minimum absolute atomic E-state index is 0.252. The van der Waals surface area contributed by atoms with Gasteiger partial charge in [-0.2, -0.15) is 0 Å². The van der Waals surface area contributed by atoms with Gasteiger partial charge in [-0.1, -0.05) is 34.1 Å². The second-order valence-electron chi connectivity index (χ2n) is 6.22. The van der Waals surface area contributed by atoms with E-state index in [2.05, 4.69) is 61.9 Å². The third-order valence-electron chi connectivity index (χ3n) is 2.84. The Morgan fingerprint density at radius 1 is 1.21 bits per heavy atom. The molecule has 0 bridgehead atoms. The predicted octanol–water partition coefficient (Wildman–Crippen LogP) is 3.34. The summed E-state index contributed by atoms with van der Waals surface area (Å²) < 4.78 is 0. The molecule has 0 saturated carbocycles. The molecule has 108 valence electrons. The molecule has 1 rings (SSSR count). The van der Waals surface area contributed by atoms with Crippen molar-refractivity contribution in [3.05, 3.63) is 11.9 Å². The van der Waals surface area contributed by atoms with Crippen LogP contribution < -0.4 is 10.2 Å². The Bertz CT molecular complexity index is 396. The zero-order valence-electron chi connectivity index (χ0n) is 13.2. The van der Waals surface area contributed by atoms with Crippen LogP contribution in [0, 0.1) is 5.41 Å². The average molecular weight is 264 g/mol. The smallest absolute Gasteiger partial charge is 0.137 e.